The number of nitro benzene ring substituents is 1. The highest BCUT2D eigenvalue weighted by atomic mass is 79.9. The number of rotatable bonds is 3. The van der Waals surface area contributed by atoms with Crippen molar-refractivity contribution >= 4 is 44.2 Å². The number of hydrogen-bond acceptors (Lipinski definition) is 5. The standard InChI is InChI=1S/C18H17BrN3O3S.BrH/c19-14-5-7-15(8-6-14)20-12-18(23,21-9-2-10-26-17(20)21)13-3-1-4-16(11-13)22(24)25;/h1,3-8,11,23H,2,9-10,12H2;1H/q+1;/p-1. The van der Waals surface area contributed by atoms with E-state index in [0.717, 1.165) is 27.5 Å². The summed E-state index contributed by atoms with van der Waals surface area (Å²) in [5, 5.41) is 23.7. The summed E-state index contributed by atoms with van der Waals surface area (Å²) in [6.07, 6.45) is 0.958. The molecule has 1 N–H and O–H groups in total. The highest BCUT2D eigenvalue weighted by Gasteiger charge is 2.53. The molecule has 2 aliphatic rings. The number of amidine groups is 1. The van der Waals surface area contributed by atoms with Crippen molar-refractivity contribution in [2.75, 3.05) is 23.7 Å². The first-order valence-corrected chi connectivity index (χ1v) is 10.0. The van der Waals surface area contributed by atoms with Crippen LogP contribution in [0.25, 0.3) is 0 Å². The lowest BCUT2D eigenvalue weighted by atomic mass is 10.0. The Morgan fingerprint density at radius 2 is 2.00 bits per heavy atom. The van der Waals surface area contributed by atoms with E-state index in [4.69, 9.17) is 0 Å². The van der Waals surface area contributed by atoms with Crippen LogP contribution in [0.5, 0.6) is 0 Å². The molecule has 2 aromatic carbocycles. The van der Waals surface area contributed by atoms with Crippen molar-refractivity contribution in [3.05, 3.63) is 68.7 Å². The van der Waals surface area contributed by atoms with Gasteiger partial charge in [0.25, 0.3) is 11.4 Å². The van der Waals surface area contributed by atoms with Gasteiger partial charge in [-0.15, -0.1) is 0 Å². The van der Waals surface area contributed by atoms with Crippen LogP contribution in [0.1, 0.15) is 12.0 Å². The van der Waals surface area contributed by atoms with Crippen LogP contribution in [-0.2, 0) is 5.72 Å². The first-order valence-electron chi connectivity index (χ1n) is 8.27. The molecule has 0 fully saturated rings. The Morgan fingerprint density at radius 3 is 2.70 bits per heavy atom. The molecule has 6 nitrogen and oxygen atoms in total. The lowest BCUT2D eigenvalue weighted by Crippen LogP contribution is -3.00. The van der Waals surface area contributed by atoms with Crippen LogP contribution >= 0.6 is 27.7 Å². The van der Waals surface area contributed by atoms with Crippen LogP contribution in [0, 0.1) is 10.1 Å². The molecular formula is C18H17Br2N3O3S. The van der Waals surface area contributed by atoms with Crippen LogP contribution in [0.15, 0.2) is 53.0 Å². The minimum Gasteiger partial charge on any atom is -1.00 e. The van der Waals surface area contributed by atoms with E-state index in [1.807, 2.05) is 28.8 Å². The number of β-amino-alcohol motifs (C(OH)–C–C–N with tert-alkyl or cyclic N) is 1. The maximum Gasteiger partial charge on any atom is 0.316 e. The lowest BCUT2D eigenvalue weighted by Gasteiger charge is -2.24. The Bertz CT molecular complexity index is 907. The largest absolute Gasteiger partial charge is 1.00 e. The third-order valence-electron chi connectivity index (χ3n) is 4.70. The van der Waals surface area contributed by atoms with Crippen molar-refractivity contribution in [1.29, 1.82) is 0 Å². The van der Waals surface area contributed by atoms with Crippen LogP contribution in [0.2, 0.25) is 0 Å². The van der Waals surface area contributed by atoms with Crippen molar-refractivity contribution in [2.24, 2.45) is 0 Å². The summed E-state index contributed by atoms with van der Waals surface area (Å²) >= 11 is 5.16. The molecule has 0 aliphatic carbocycles. The molecular weight excluding hydrogens is 498 g/mol. The number of aliphatic hydroxyl groups is 1. The van der Waals surface area contributed by atoms with E-state index in [1.54, 1.807) is 23.9 Å². The zero-order chi connectivity index (χ0) is 18.3. The molecule has 142 valence electrons. The average Bonchev–Trinajstić information content (AvgIpc) is 2.97. The van der Waals surface area contributed by atoms with Gasteiger partial charge in [-0.05, 0) is 42.4 Å². The summed E-state index contributed by atoms with van der Waals surface area (Å²) in [5.41, 5.74) is 0.237. The molecule has 4 rings (SSSR count). The van der Waals surface area contributed by atoms with Gasteiger partial charge < -0.3 is 22.1 Å². The summed E-state index contributed by atoms with van der Waals surface area (Å²) in [6, 6.07) is 14.3. The molecule has 0 spiro atoms. The second-order valence-electron chi connectivity index (χ2n) is 6.32. The van der Waals surface area contributed by atoms with E-state index in [1.165, 1.54) is 12.1 Å². The maximum absolute atomic E-state index is 11.6. The number of benzene rings is 2. The fourth-order valence-corrected chi connectivity index (χ4v) is 4.88. The van der Waals surface area contributed by atoms with Gasteiger partial charge in [-0.25, -0.2) is 9.48 Å². The topological polar surface area (TPSA) is 69.6 Å². The third-order valence-corrected chi connectivity index (χ3v) is 6.42. The molecule has 27 heavy (non-hydrogen) atoms. The van der Waals surface area contributed by atoms with E-state index < -0.39 is 10.6 Å². The molecule has 0 bridgehead atoms. The lowest BCUT2D eigenvalue weighted by molar-refractivity contribution is -0.656. The van der Waals surface area contributed by atoms with Crippen LogP contribution in [0.3, 0.4) is 0 Å². The first-order chi connectivity index (χ1) is 12.5. The molecule has 2 aliphatic heterocycles. The third kappa shape index (κ3) is 3.65. The predicted molar refractivity (Wildman–Crippen MR) is 106 cm³/mol. The monoisotopic (exact) mass is 513 g/mol. The van der Waals surface area contributed by atoms with E-state index in [-0.39, 0.29) is 22.7 Å². The summed E-state index contributed by atoms with van der Waals surface area (Å²) in [6.45, 7) is 1.05. The van der Waals surface area contributed by atoms with Gasteiger partial charge in [0.15, 0.2) is 6.54 Å². The molecule has 0 saturated carbocycles. The first kappa shape index (κ1) is 20.3. The Balaban J connectivity index is 0.00000210. The van der Waals surface area contributed by atoms with Gasteiger partial charge in [0.05, 0.1) is 11.5 Å². The minimum atomic E-state index is -1.29. The fourth-order valence-electron chi connectivity index (χ4n) is 3.44. The second-order valence-corrected chi connectivity index (χ2v) is 8.30. The average molecular weight is 515 g/mol. The Kier molecular flexibility index (Phi) is 5.95. The van der Waals surface area contributed by atoms with E-state index in [0.29, 0.717) is 18.7 Å². The molecule has 9 heteroatoms. The van der Waals surface area contributed by atoms with Gasteiger partial charge in [-0.2, -0.15) is 0 Å². The van der Waals surface area contributed by atoms with E-state index in [2.05, 4.69) is 20.8 Å². The van der Waals surface area contributed by atoms with Crippen LogP contribution in [-0.4, -0.2) is 38.6 Å². The number of anilines is 1. The molecule has 0 saturated heterocycles. The van der Waals surface area contributed by atoms with Gasteiger partial charge in [0, 0.05) is 27.9 Å². The van der Waals surface area contributed by atoms with Crippen molar-refractivity contribution in [3.63, 3.8) is 0 Å². The van der Waals surface area contributed by atoms with E-state index >= 15 is 0 Å². The van der Waals surface area contributed by atoms with E-state index in [9.17, 15) is 15.2 Å². The number of nitro groups is 1. The number of hydrogen-bond donors (Lipinski definition) is 1. The predicted octanol–water partition coefficient (Wildman–Crippen LogP) is 0.532. The number of halogens is 2. The van der Waals surface area contributed by atoms with Crippen molar-refractivity contribution in [2.45, 2.75) is 12.1 Å². The van der Waals surface area contributed by atoms with Crippen molar-refractivity contribution < 1.29 is 31.6 Å². The molecule has 1 unspecified atom stereocenters. The van der Waals surface area contributed by atoms with Crippen LogP contribution in [0.4, 0.5) is 11.4 Å². The Labute approximate surface area is 179 Å². The normalized spacial score (nSPS) is 21.6. The molecule has 1 atom stereocenters. The number of non-ortho nitro benzene ring substituents is 1. The Morgan fingerprint density at radius 1 is 1.26 bits per heavy atom. The maximum atomic E-state index is 11.6. The summed E-state index contributed by atoms with van der Waals surface area (Å²) in [4.78, 5) is 12.8. The van der Waals surface area contributed by atoms with Gasteiger partial charge in [-0.1, -0.05) is 28.1 Å². The minimum absolute atomic E-state index is 0. The fraction of sp³-hybridized carbons (Fsp3) is 0.278. The summed E-state index contributed by atoms with van der Waals surface area (Å²) in [7, 11) is 0. The number of nitrogens with zero attached hydrogens (tertiary/aromatic N) is 3. The summed E-state index contributed by atoms with van der Waals surface area (Å²) in [5.74, 6) is 0.990. The summed E-state index contributed by atoms with van der Waals surface area (Å²) < 4.78 is 2.97. The quantitative estimate of drug-likeness (QED) is 0.367. The molecule has 0 radical (unpaired) electrons. The highest BCUT2D eigenvalue weighted by molar-refractivity contribution is 9.10. The Hall–Kier alpha value is -1.42. The van der Waals surface area contributed by atoms with Gasteiger partial charge >= 0.3 is 5.17 Å². The van der Waals surface area contributed by atoms with Gasteiger partial charge in [0.2, 0.25) is 0 Å². The number of thioether (sulfide) groups is 1. The van der Waals surface area contributed by atoms with Crippen molar-refractivity contribution in [3.8, 4) is 0 Å². The van der Waals surface area contributed by atoms with Crippen molar-refractivity contribution in [1.82, 2.24) is 0 Å². The molecule has 2 aromatic rings. The van der Waals surface area contributed by atoms with Gasteiger partial charge in [0.1, 0.15) is 5.69 Å². The smallest absolute Gasteiger partial charge is 0.316 e. The zero-order valence-corrected chi connectivity index (χ0v) is 18.2. The SMILES string of the molecule is O=[N+]([O-])c1cccc(C2(O)CN(c3ccc(Br)cc3)C3=[N+]2CCCS3)c1.[Br-]. The van der Waals surface area contributed by atoms with Crippen LogP contribution < -0.4 is 21.9 Å². The molecule has 0 aromatic heterocycles. The highest BCUT2D eigenvalue weighted by Crippen LogP contribution is 2.38. The molecule has 2 heterocycles. The second kappa shape index (κ2) is 7.90. The zero-order valence-electron chi connectivity index (χ0n) is 14.2. The molecule has 0 amide bonds. The van der Waals surface area contributed by atoms with Gasteiger partial charge in [-0.3, -0.25) is 10.1 Å².